The van der Waals surface area contributed by atoms with Crippen molar-refractivity contribution in [1.82, 2.24) is 24.9 Å². The molecular formula is C56H66Cl4N8O3S2. The summed E-state index contributed by atoms with van der Waals surface area (Å²) in [5.74, 6) is -0.730. The number of nitrogens with one attached hydrogen (secondary N) is 1. The number of allylic oxidation sites excluding steroid dienone is 2. The van der Waals surface area contributed by atoms with Crippen molar-refractivity contribution in [2.45, 2.75) is 102 Å². The lowest BCUT2D eigenvalue weighted by Crippen LogP contribution is -2.43. The number of thioether (sulfide) groups is 2. The Kier molecular flexibility index (Phi) is 17.4. The van der Waals surface area contributed by atoms with Crippen LogP contribution in [-0.4, -0.2) is 99.3 Å². The Morgan fingerprint density at radius 1 is 0.603 bits per heavy atom. The average molecular weight is 1110 g/mol. The molecule has 4 aromatic carbocycles. The molecule has 11 nitrogen and oxygen atoms in total. The second kappa shape index (κ2) is 23.1. The topological polar surface area (TPSA) is 130 Å². The molecule has 4 unspecified atom stereocenters. The predicted molar refractivity (Wildman–Crippen MR) is 304 cm³/mol. The minimum Gasteiger partial charge on any atom is -0.477 e. The van der Waals surface area contributed by atoms with Crippen molar-refractivity contribution in [3.05, 3.63) is 161 Å². The van der Waals surface area contributed by atoms with Crippen molar-refractivity contribution in [3.63, 3.8) is 0 Å². The van der Waals surface area contributed by atoms with E-state index >= 15 is 0 Å². The summed E-state index contributed by atoms with van der Waals surface area (Å²) in [6, 6.07) is 31.7. The van der Waals surface area contributed by atoms with Gasteiger partial charge in [0, 0.05) is 43.6 Å². The van der Waals surface area contributed by atoms with Gasteiger partial charge in [-0.05, 0) is 186 Å². The van der Waals surface area contributed by atoms with E-state index in [0.29, 0.717) is 36.2 Å². The number of aliphatic carboxylic acids is 1. The molecule has 6 aliphatic rings. The highest BCUT2D eigenvalue weighted by Gasteiger charge is 2.55. The van der Waals surface area contributed by atoms with Gasteiger partial charge in [-0.3, -0.25) is 4.79 Å². The molecule has 0 aliphatic carbocycles. The summed E-state index contributed by atoms with van der Waals surface area (Å²) >= 11 is 27.4. The number of carbonyl (C=O) groups excluding carboxylic acids is 1. The van der Waals surface area contributed by atoms with Crippen LogP contribution in [0.3, 0.4) is 0 Å². The van der Waals surface area contributed by atoms with E-state index in [1.807, 2.05) is 86.6 Å². The summed E-state index contributed by atoms with van der Waals surface area (Å²) < 4.78 is 0. The maximum atomic E-state index is 13.6. The average Bonchev–Trinajstić information content (AvgIpc) is 4.07. The highest BCUT2D eigenvalue weighted by atomic mass is 35.5. The van der Waals surface area contributed by atoms with Gasteiger partial charge in [0.05, 0.1) is 17.0 Å². The van der Waals surface area contributed by atoms with E-state index in [0.717, 1.165) is 69.7 Å². The number of fused-ring (bicyclic) bond motifs is 2. The Balaban J connectivity index is 0.000000172. The zero-order valence-electron chi connectivity index (χ0n) is 42.7. The monoisotopic (exact) mass is 1100 g/mol. The van der Waals surface area contributed by atoms with Gasteiger partial charge < -0.3 is 35.8 Å². The maximum Gasteiger partial charge on any atom is 0.344 e. The molecule has 388 valence electrons. The van der Waals surface area contributed by atoms with E-state index in [1.54, 1.807) is 0 Å². The number of amidine groups is 2. The number of likely N-dealkylation sites (tertiary alicyclic amines) is 2. The highest BCUT2D eigenvalue weighted by Crippen LogP contribution is 2.58. The van der Waals surface area contributed by atoms with E-state index in [-0.39, 0.29) is 35.9 Å². The molecule has 6 heterocycles. The fourth-order valence-electron chi connectivity index (χ4n) is 10.6. The van der Waals surface area contributed by atoms with Crippen molar-refractivity contribution in [2.24, 2.45) is 27.6 Å². The van der Waals surface area contributed by atoms with Crippen LogP contribution in [0.2, 0.25) is 20.1 Å². The van der Waals surface area contributed by atoms with E-state index in [4.69, 9.17) is 62.1 Å². The Labute approximate surface area is 459 Å². The number of rotatable bonds is 9. The molecule has 0 aromatic heterocycles. The first kappa shape index (κ1) is 55.2. The lowest BCUT2D eigenvalue weighted by atomic mass is 9.81. The van der Waals surface area contributed by atoms with Crippen LogP contribution in [-0.2, 0) is 20.7 Å². The van der Waals surface area contributed by atoms with E-state index in [1.165, 1.54) is 49.5 Å². The molecule has 10 rings (SSSR count). The van der Waals surface area contributed by atoms with Gasteiger partial charge in [0.2, 0.25) is 0 Å². The number of amides is 1. The number of halogens is 4. The van der Waals surface area contributed by atoms with Gasteiger partial charge in [0.15, 0.2) is 10.3 Å². The van der Waals surface area contributed by atoms with Crippen molar-refractivity contribution in [1.29, 1.82) is 0 Å². The first-order valence-corrected chi connectivity index (χ1v) is 28.1. The third-order valence-corrected chi connectivity index (χ3v) is 17.7. The van der Waals surface area contributed by atoms with Gasteiger partial charge in [0.25, 0.3) is 5.91 Å². The van der Waals surface area contributed by atoms with Crippen LogP contribution in [0.5, 0.6) is 0 Å². The molecule has 1 amide bonds. The lowest BCUT2D eigenvalue weighted by Gasteiger charge is -2.37. The largest absolute Gasteiger partial charge is 0.477 e. The van der Waals surface area contributed by atoms with Crippen LogP contribution in [0, 0.1) is 11.8 Å². The van der Waals surface area contributed by atoms with E-state index < -0.39 is 17.0 Å². The van der Waals surface area contributed by atoms with Crippen molar-refractivity contribution in [3.8, 4) is 0 Å². The summed E-state index contributed by atoms with van der Waals surface area (Å²) in [7, 11) is 4.28. The number of aliphatic imine (C=N–C) groups is 2. The molecular weight excluding hydrogens is 1040 g/mol. The number of nitrogens with zero attached hydrogens (tertiary/aromatic N) is 6. The maximum absolute atomic E-state index is 13.6. The number of piperidine rings is 2. The summed E-state index contributed by atoms with van der Waals surface area (Å²) in [6.07, 6.45) is 4.31. The van der Waals surface area contributed by atoms with Gasteiger partial charge in [0.1, 0.15) is 16.0 Å². The molecule has 0 bridgehead atoms. The van der Waals surface area contributed by atoms with E-state index in [2.05, 4.69) is 91.0 Å². The molecule has 4 atom stereocenters. The van der Waals surface area contributed by atoms with Crippen LogP contribution in [0.15, 0.2) is 128 Å². The fraction of sp³-hybridized carbons (Fsp3) is 0.429. The second-order valence-corrected chi connectivity index (χ2v) is 24.4. The van der Waals surface area contributed by atoms with Gasteiger partial charge in [-0.25, -0.2) is 14.8 Å². The smallest absolute Gasteiger partial charge is 0.344 e. The molecule has 4 aromatic rings. The predicted octanol–water partition coefficient (Wildman–Crippen LogP) is 12.8. The zero-order chi connectivity index (χ0) is 52.5. The zero-order valence-corrected chi connectivity index (χ0v) is 47.4. The Morgan fingerprint density at radius 2 is 0.945 bits per heavy atom. The van der Waals surface area contributed by atoms with Gasteiger partial charge in [-0.15, -0.1) is 0 Å². The first-order valence-electron chi connectivity index (χ1n) is 25.0. The SMILES string of the molecule is CC(C)C1=C(C(=O)NC2CCN(C)CC2)SC2=NC(C)(c3ccc(Cl)cc3)C(c3ccc(Cl)cc3)N21.CC(C)C1=C(C(=O)O)SC2=NC(C)(c3ccc(Cl)cc3)C(c3ccc(Cl)cc3)N21.CN1CCC(N)CC1. The summed E-state index contributed by atoms with van der Waals surface area (Å²) in [5, 5.41) is 17.4. The molecule has 2 saturated heterocycles. The molecule has 0 spiro atoms. The molecule has 4 N–H and O–H groups in total. The second-order valence-electron chi connectivity index (χ2n) is 20.7. The minimum absolute atomic E-state index is 0.0124. The molecule has 2 fully saturated rings. The Morgan fingerprint density at radius 3 is 1.30 bits per heavy atom. The van der Waals surface area contributed by atoms with Crippen molar-refractivity contribution >= 4 is 92.1 Å². The van der Waals surface area contributed by atoms with E-state index in [9.17, 15) is 14.7 Å². The molecule has 6 aliphatic heterocycles. The van der Waals surface area contributed by atoms with Crippen molar-refractivity contribution < 1.29 is 14.7 Å². The standard InChI is InChI=1S/C28H32Cl2N4OS.C22H20Cl2N2O2S.C6H14N2/c1-17(2)23-24(26(35)31-22-13-15-33(4)16-14-22)36-27-32-28(3,19-7-11-21(30)12-8-19)25(34(23)27)18-5-9-20(29)10-6-18;1-12(2)17-18(20(27)28)29-21-25-22(3,14-6-10-16(24)11-7-14)19(26(17)21)13-4-8-15(23)9-5-13;1-8-4-2-6(7)3-5-8/h5-12,17,22,25H,13-16H2,1-4H3,(H,31,35);4-12,19H,1-3H3,(H,27,28);6H,2-5,7H2,1H3. The number of hydrogen-bond acceptors (Lipinski definition) is 11. The van der Waals surface area contributed by atoms with Gasteiger partial charge in [-0.1, -0.05) is 123 Å². The summed E-state index contributed by atoms with van der Waals surface area (Å²) in [6.45, 7) is 16.9. The van der Waals surface area contributed by atoms with Gasteiger partial charge in [-0.2, -0.15) is 0 Å². The molecule has 17 heteroatoms. The Hall–Kier alpha value is -4.02. The van der Waals surface area contributed by atoms with Crippen LogP contribution in [0.1, 0.15) is 102 Å². The van der Waals surface area contributed by atoms with Crippen molar-refractivity contribution in [2.75, 3.05) is 40.3 Å². The highest BCUT2D eigenvalue weighted by molar-refractivity contribution is 8.18. The van der Waals surface area contributed by atoms with Crippen LogP contribution in [0.25, 0.3) is 0 Å². The molecule has 0 radical (unpaired) electrons. The molecule has 73 heavy (non-hydrogen) atoms. The van der Waals surface area contributed by atoms with Crippen LogP contribution >= 0.6 is 69.9 Å². The first-order chi connectivity index (χ1) is 34.7. The number of hydrogen-bond donors (Lipinski definition) is 3. The number of carboxylic acid groups (broad SMARTS) is 1. The third-order valence-electron chi connectivity index (χ3n) is 14.6. The minimum atomic E-state index is -0.918. The number of carbonyl (C=O) groups is 2. The van der Waals surface area contributed by atoms with Gasteiger partial charge >= 0.3 is 5.97 Å². The normalized spacial score (nSPS) is 24.5. The summed E-state index contributed by atoms with van der Waals surface area (Å²) in [5.41, 5.74) is 10.5. The quantitative estimate of drug-likeness (QED) is 0.149. The number of benzene rings is 4. The lowest BCUT2D eigenvalue weighted by molar-refractivity contribution is -0.132. The summed E-state index contributed by atoms with van der Waals surface area (Å²) in [4.78, 5) is 46.0. The third kappa shape index (κ3) is 11.9. The van der Waals surface area contributed by atoms with Crippen LogP contribution in [0.4, 0.5) is 0 Å². The fourth-order valence-corrected chi connectivity index (χ4v) is 13.6. The Bertz CT molecular complexity index is 2760. The van der Waals surface area contributed by atoms with Crippen LogP contribution < -0.4 is 11.1 Å². The number of carboxylic acids is 1. The molecule has 0 saturated carbocycles. The number of nitrogens with two attached hydrogens (primary N) is 1.